The van der Waals surface area contributed by atoms with Gasteiger partial charge in [-0.05, 0) is 32.7 Å². The Morgan fingerprint density at radius 1 is 1.72 bits per heavy atom. The Bertz CT molecular complexity index is 416. The van der Waals surface area contributed by atoms with Gasteiger partial charge < -0.3 is 11.1 Å². The third kappa shape index (κ3) is 3.51. The molecule has 0 spiro atoms. The molecule has 2 rings (SSSR count). The zero-order chi connectivity index (χ0) is 13.1. The Kier molecular flexibility index (Phi) is 4.31. The highest BCUT2D eigenvalue weighted by Crippen LogP contribution is 2.34. The zero-order valence-electron chi connectivity index (χ0n) is 10.8. The number of thiazole rings is 1. The minimum atomic E-state index is -0.0223. The number of carbonyl (C=O) groups excluding carboxylic acids is 1. The number of nitrogens with one attached hydrogen (secondary N) is 1. The van der Waals surface area contributed by atoms with Gasteiger partial charge in [-0.3, -0.25) is 9.69 Å². The van der Waals surface area contributed by atoms with Crippen molar-refractivity contribution >= 4 is 22.4 Å². The smallest absolute Gasteiger partial charge is 0.240 e. The number of nitrogens with zero attached hydrogens (tertiary/aromatic N) is 2. The molecule has 0 radical (unpaired) electrons. The summed E-state index contributed by atoms with van der Waals surface area (Å²) in [6.45, 7) is 2.90. The van der Waals surface area contributed by atoms with Gasteiger partial charge in [-0.2, -0.15) is 0 Å². The average molecular weight is 268 g/mol. The molecule has 1 fully saturated rings. The fourth-order valence-electron chi connectivity index (χ4n) is 2.13. The van der Waals surface area contributed by atoms with Crippen molar-refractivity contribution in [1.29, 1.82) is 0 Å². The van der Waals surface area contributed by atoms with E-state index < -0.39 is 0 Å². The number of aromatic nitrogens is 1. The predicted octanol–water partition coefficient (Wildman–Crippen LogP) is 1.06. The van der Waals surface area contributed by atoms with Crippen molar-refractivity contribution in [2.24, 2.45) is 11.7 Å². The maximum atomic E-state index is 11.9. The fraction of sp³-hybridized carbons (Fsp3) is 0.667. The van der Waals surface area contributed by atoms with Crippen LogP contribution in [0.4, 0.5) is 5.13 Å². The summed E-state index contributed by atoms with van der Waals surface area (Å²) in [6, 6.07) is 0.328. The molecule has 0 bridgehead atoms. The first-order valence-corrected chi connectivity index (χ1v) is 7.10. The normalized spacial score (nSPS) is 16.9. The molecule has 1 aromatic heterocycles. The van der Waals surface area contributed by atoms with Gasteiger partial charge in [-0.15, -0.1) is 11.3 Å². The lowest BCUT2D eigenvalue weighted by Gasteiger charge is -2.25. The SMILES string of the molecule is Cc1csc(NC(=O)CN(C)C(CN)C2CC2)n1. The van der Waals surface area contributed by atoms with E-state index in [1.807, 2.05) is 24.3 Å². The number of nitrogens with two attached hydrogens (primary N) is 1. The topological polar surface area (TPSA) is 71.2 Å². The van der Waals surface area contributed by atoms with Crippen molar-refractivity contribution in [2.75, 3.05) is 25.5 Å². The van der Waals surface area contributed by atoms with Gasteiger partial charge in [0.25, 0.3) is 0 Å². The summed E-state index contributed by atoms with van der Waals surface area (Å²) < 4.78 is 0. The number of hydrogen-bond acceptors (Lipinski definition) is 5. The van der Waals surface area contributed by atoms with Crippen LogP contribution in [0.5, 0.6) is 0 Å². The van der Waals surface area contributed by atoms with Gasteiger partial charge in [0, 0.05) is 18.0 Å². The average Bonchev–Trinajstić information content (AvgIpc) is 3.04. The van der Waals surface area contributed by atoms with Crippen LogP contribution in [0.25, 0.3) is 0 Å². The standard InChI is InChI=1S/C12H20N4OS/c1-8-7-18-12(14-8)15-11(17)6-16(2)10(5-13)9-3-4-9/h7,9-10H,3-6,13H2,1-2H3,(H,14,15,17). The molecular weight excluding hydrogens is 248 g/mol. The Morgan fingerprint density at radius 3 is 2.94 bits per heavy atom. The van der Waals surface area contributed by atoms with E-state index in [9.17, 15) is 4.79 Å². The second-order valence-electron chi connectivity index (χ2n) is 4.90. The molecule has 0 aliphatic heterocycles. The van der Waals surface area contributed by atoms with E-state index >= 15 is 0 Å². The van der Waals surface area contributed by atoms with E-state index in [1.54, 1.807) is 0 Å². The summed E-state index contributed by atoms with van der Waals surface area (Å²) in [5.74, 6) is 0.654. The molecule has 3 N–H and O–H groups in total. The number of likely N-dealkylation sites (N-methyl/N-ethyl adjacent to an activating group) is 1. The minimum Gasteiger partial charge on any atom is -0.329 e. The first kappa shape index (κ1) is 13.5. The quantitative estimate of drug-likeness (QED) is 0.809. The Morgan fingerprint density at radius 2 is 2.44 bits per heavy atom. The van der Waals surface area contributed by atoms with Crippen molar-refractivity contribution < 1.29 is 4.79 Å². The van der Waals surface area contributed by atoms with Gasteiger partial charge >= 0.3 is 0 Å². The van der Waals surface area contributed by atoms with Crippen LogP contribution in [0, 0.1) is 12.8 Å². The third-order valence-electron chi connectivity index (χ3n) is 3.23. The van der Waals surface area contributed by atoms with Crippen LogP contribution in [0.2, 0.25) is 0 Å². The van der Waals surface area contributed by atoms with E-state index in [-0.39, 0.29) is 5.91 Å². The van der Waals surface area contributed by atoms with Crippen molar-refractivity contribution in [3.63, 3.8) is 0 Å². The van der Waals surface area contributed by atoms with E-state index in [0.717, 1.165) is 5.69 Å². The summed E-state index contributed by atoms with van der Waals surface area (Å²) in [5, 5.41) is 5.41. The van der Waals surface area contributed by atoms with Crippen LogP contribution < -0.4 is 11.1 Å². The molecule has 0 aromatic carbocycles. The Balaban J connectivity index is 1.82. The lowest BCUT2D eigenvalue weighted by Crippen LogP contribution is -2.43. The number of anilines is 1. The van der Waals surface area contributed by atoms with E-state index in [4.69, 9.17) is 5.73 Å². The van der Waals surface area contributed by atoms with Crippen molar-refractivity contribution in [3.8, 4) is 0 Å². The van der Waals surface area contributed by atoms with E-state index in [1.165, 1.54) is 24.2 Å². The molecule has 1 heterocycles. The summed E-state index contributed by atoms with van der Waals surface area (Å²) in [5.41, 5.74) is 6.69. The monoisotopic (exact) mass is 268 g/mol. The molecule has 0 saturated heterocycles. The second-order valence-corrected chi connectivity index (χ2v) is 5.76. The molecule has 1 unspecified atom stereocenters. The number of aryl methyl sites for hydroxylation is 1. The highest BCUT2D eigenvalue weighted by molar-refractivity contribution is 7.13. The largest absolute Gasteiger partial charge is 0.329 e. The molecule has 1 aromatic rings. The fourth-order valence-corrected chi connectivity index (χ4v) is 2.83. The van der Waals surface area contributed by atoms with Crippen molar-refractivity contribution in [2.45, 2.75) is 25.8 Å². The second kappa shape index (κ2) is 5.77. The minimum absolute atomic E-state index is 0.0223. The molecule has 5 nitrogen and oxygen atoms in total. The van der Waals surface area contributed by atoms with Gasteiger partial charge in [0.15, 0.2) is 5.13 Å². The Labute approximate surface area is 111 Å². The van der Waals surface area contributed by atoms with Crippen LogP contribution >= 0.6 is 11.3 Å². The number of hydrogen-bond donors (Lipinski definition) is 2. The molecule has 18 heavy (non-hydrogen) atoms. The third-order valence-corrected chi connectivity index (χ3v) is 4.11. The van der Waals surface area contributed by atoms with E-state index in [2.05, 4.69) is 10.3 Å². The molecule has 6 heteroatoms. The predicted molar refractivity (Wildman–Crippen MR) is 73.7 cm³/mol. The zero-order valence-corrected chi connectivity index (χ0v) is 11.7. The lowest BCUT2D eigenvalue weighted by atomic mass is 10.1. The first-order chi connectivity index (χ1) is 8.60. The van der Waals surface area contributed by atoms with Crippen molar-refractivity contribution in [1.82, 2.24) is 9.88 Å². The van der Waals surface area contributed by atoms with Gasteiger partial charge in [-0.25, -0.2) is 4.98 Å². The van der Waals surface area contributed by atoms with Crippen molar-refractivity contribution in [3.05, 3.63) is 11.1 Å². The molecule has 100 valence electrons. The van der Waals surface area contributed by atoms with Crippen LogP contribution in [0.3, 0.4) is 0 Å². The Hall–Kier alpha value is -0.980. The molecule has 1 aliphatic carbocycles. The maximum absolute atomic E-state index is 11.9. The maximum Gasteiger partial charge on any atom is 0.240 e. The first-order valence-electron chi connectivity index (χ1n) is 6.22. The number of rotatable bonds is 6. The van der Waals surface area contributed by atoms with Crippen LogP contribution in [0.15, 0.2) is 5.38 Å². The molecule has 1 amide bonds. The van der Waals surface area contributed by atoms with Crippen LogP contribution in [0.1, 0.15) is 18.5 Å². The molecular formula is C12H20N4OS. The van der Waals surface area contributed by atoms with Gasteiger partial charge in [0.1, 0.15) is 0 Å². The van der Waals surface area contributed by atoms with E-state index in [0.29, 0.717) is 30.2 Å². The highest BCUT2D eigenvalue weighted by Gasteiger charge is 2.33. The van der Waals surface area contributed by atoms with Crippen LogP contribution in [-0.4, -0.2) is 42.0 Å². The van der Waals surface area contributed by atoms with Crippen LogP contribution in [-0.2, 0) is 4.79 Å². The summed E-state index contributed by atoms with van der Waals surface area (Å²) in [4.78, 5) is 18.1. The highest BCUT2D eigenvalue weighted by atomic mass is 32.1. The summed E-state index contributed by atoms with van der Waals surface area (Å²) in [6.07, 6.45) is 2.47. The van der Waals surface area contributed by atoms with Gasteiger partial charge in [0.2, 0.25) is 5.91 Å². The number of amides is 1. The van der Waals surface area contributed by atoms with Gasteiger partial charge in [0.05, 0.1) is 12.2 Å². The lowest BCUT2D eigenvalue weighted by molar-refractivity contribution is -0.117. The number of carbonyl (C=O) groups is 1. The summed E-state index contributed by atoms with van der Waals surface area (Å²) in [7, 11) is 1.96. The van der Waals surface area contributed by atoms with Gasteiger partial charge in [-0.1, -0.05) is 0 Å². The molecule has 1 aliphatic rings. The summed E-state index contributed by atoms with van der Waals surface area (Å²) >= 11 is 1.45. The molecule has 1 atom stereocenters. The molecule has 1 saturated carbocycles.